The minimum Gasteiger partial charge on any atom is -0.476 e. The molecule has 1 aliphatic carbocycles. The van der Waals surface area contributed by atoms with Gasteiger partial charge in [-0.2, -0.15) is 0 Å². The van der Waals surface area contributed by atoms with Crippen LogP contribution in [0.15, 0.2) is 12.5 Å². The number of carbonyl (C=O) groups is 1. The third-order valence-corrected chi connectivity index (χ3v) is 3.13. The Morgan fingerprint density at radius 1 is 1.56 bits per heavy atom. The highest BCUT2D eigenvalue weighted by atomic mass is 16.4. The van der Waals surface area contributed by atoms with E-state index in [1.54, 1.807) is 21.8 Å². The largest absolute Gasteiger partial charge is 0.476 e. The van der Waals surface area contributed by atoms with Gasteiger partial charge in [0.05, 0.1) is 18.2 Å². The number of rotatable bonds is 4. The van der Waals surface area contributed by atoms with Gasteiger partial charge < -0.3 is 9.67 Å². The van der Waals surface area contributed by atoms with Crippen molar-refractivity contribution in [2.24, 2.45) is 13.0 Å². The van der Waals surface area contributed by atoms with E-state index < -0.39 is 5.97 Å². The summed E-state index contributed by atoms with van der Waals surface area (Å²) in [6, 6.07) is 0. The maximum absolute atomic E-state index is 11.2. The first-order valence-electron chi connectivity index (χ1n) is 5.80. The summed E-state index contributed by atoms with van der Waals surface area (Å²) in [5.41, 5.74) is 1.24. The highest BCUT2D eigenvalue weighted by Gasteiger charge is 2.28. The van der Waals surface area contributed by atoms with E-state index in [9.17, 15) is 9.90 Å². The van der Waals surface area contributed by atoms with E-state index >= 15 is 0 Å². The van der Waals surface area contributed by atoms with Gasteiger partial charge in [-0.15, -0.1) is 5.10 Å². The molecule has 0 saturated heterocycles. The van der Waals surface area contributed by atoms with Gasteiger partial charge in [-0.05, 0) is 18.8 Å². The molecular weight excluding hydrogens is 234 g/mol. The van der Waals surface area contributed by atoms with Crippen molar-refractivity contribution in [3.8, 4) is 11.4 Å². The van der Waals surface area contributed by atoms with Crippen LogP contribution in [0.5, 0.6) is 0 Å². The highest BCUT2D eigenvalue weighted by molar-refractivity contribution is 5.92. The lowest BCUT2D eigenvalue weighted by atomic mass is 10.2. The molecule has 3 rings (SSSR count). The molecule has 1 saturated carbocycles. The minimum absolute atomic E-state index is 0.0146. The Balaban J connectivity index is 2.10. The van der Waals surface area contributed by atoms with Gasteiger partial charge in [0.1, 0.15) is 5.69 Å². The summed E-state index contributed by atoms with van der Waals surface area (Å²) in [7, 11) is 1.82. The normalized spacial score (nSPS) is 14.9. The second-order valence-corrected chi connectivity index (χ2v) is 4.61. The Labute approximate surface area is 103 Å². The fourth-order valence-electron chi connectivity index (χ4n) is 1.97. The van der Waals surface area contributed by atoms with Crippen LogP contribution < -0.4 is 0 Å². The Hall–Kier alpha value is -2.18. The highest BCUT2D eigenvalue weighted by Crippen LogP contribution is 2.32. The zero-order chi connectivity index (χ0) is 12.7. The molecule has 2 heterocycles. The van der Waals surface area contributed by atoms with Crippen molar-refractivity contribution in [2.75, 3.05) is 0 Å². The van der Waals surface area contributed by atoms with Crippen molar-refractivity contribution in [1.29, 1.82) is 0 Å². The van der Waals surface area contributed by atoms with Gasteiger partial charge >= 0.3 is 5.97 Å². The molecule has 2 aromatic heterocycles. The van der Waals surface area contributed by atoms with Crippen LogP contribution in [0.4, 0.5) is 0 Å². The number of carboxylic acids is 1. The van der Waals surface area contributed by atoms with Crippen LogP contribution in [-0.2, 0) is 13.6 Å². The Morgan fingerprint density at radius 2 is 2.33 bits per heavy atom. The minimum atomic E-state index is -1.06. The number of hydrogen-bond acceptors (Lipinski definition) is 4. The molecule has 0 radical (unpaired) electrons. The fourth-order valence-corrected chi connectivity index (χ4v) is 1.97. The molecule has 94 valence electrons. The molecule has 0 atom stereocenters. The monoisotopic (exact) mass is 247 g/mol. The topological polar surface area (TPSA) is 85.8 Å². The van der Waals surface area contributed by atoms with Crippen LogP contribution in [0, 0.1) is 5.92 Å². The van der Waals surface area contributed by atoms with Gasteiger partial charge in [-0.1, -0.05) is 5.21 Å². The summed E-state index contributed by atoms with van der Waals surface area (Å²) >= 11 is 0. The van der Waals surface area contributed by atoms with Crippen molar-refractivity contribution in [2.45, 2.75) is 19.4 Å². The molecule has 0 bridgehead atoms. The molecule has 0 amide bonds. The molecule has 0 spiro atoms. The predicted octanol–water partition coefficient (Wildman–Crippen LogP) is 0.787. The molecule has 7 heteroatoms. The van der Waals surface area contributed by atoms with Crippen molar-refractivity contribution in [3.63, 3.8) is 0 Å². The van der Waals surface area contributed by atoms with E-state index in [4.69, 9.17) is 0 Å². The first-order valence-corrected chi connectivity index (χ1v) is 5.80. The Bertz CT molecular complexity index is 596. The summed E-state index contributed by atoms with van der Waals surface area (Å²) in [6.45, 7) is 0.723. The zero-order valence-electron chi connectivity index (χ0n) is 9.94. The number of carboxylic acid groups (broad SMARTS) is 1. The van der Waals surface area contributed by atoms with Crippen LogP contribution in [0.25, 0.3) is 11.4 Å². The average molecular weight is 247 g/mol. The van der Waals surface area contributed by atoms with Crippen molar-refractivity contribution < 1.29 is 9.90 Å². The van der Waals surface area contributed by atoms with Crippen LogP contribution in [-0.4, -0.2) is 35.6 Å². The van der Waals surface area contributed by atoms with Crippen LogP contribution in [0.2, 0.25) is 0 Å². The van der Waals surface area contributed by atoms with Crippen LogP contribution >= 0.6 is 0 Å². The Kier molecular flexibility index (Phi) is 2.39. The number of nitrogens with zero attached hydrogens (tertiary/aromatic N) is 5. The molecule has 18 heavy (non-hydrogen) atoms. The Morgan fingerprint density at radius 3 is 2.89 bits per heavy atom. The lowest BCUT2D eigenvalue weighted by Gasteiger charge is -2.06. The second kappa shape index (κ2) is 3.94. The molecular formula is C11H13N5O2. The van der Waals surface area contributed by atoms with Gasteiger partial charge in [0, 0.05) is 13.6 Å². The maximum Gasteiger partial charge on any atom is 0.358 e. The lowest BCUT2D eigenvalue weighted by Crippen LogP contribution is -2.08. The van der Waals surface area contributed by atoms with E-state index in [0.29, 0.717) is 11.6 Å². The SMILES string of the molecule is Cn1cncc1-c1c(C(=O)O)nnn1CC1CC1. The van der Waals surface area contributed by atoms with E-state index in [1.807, 2.05) is 7.05 Å². The molecule has 1 aliphatic rings. The number of imidazole rings is 1. The number of hydrogen-bond donors (Lipinski definition) is 1. The maximum atomic E-state index is 11.2. The van der Waals surface area contributed by atoms with Crippen LogP contribution in [0.1, 0.15) is 23.3 Å². The predicted molar refractivity (Wildman–Crippen MR) is 61.9 cm³/mol. The molecule has 2 aromatic rings. The molecule has 0 unspecified atom stereocenters. The third kappa shape index (κ3) is 1.77. The summed E-state index contributed by atoms with van der Waals surface area (Å²) < 4.78 is 3.45. The molecule has 7 nitrogen and oxygen atoms in total. The second-order valence-electron chi connectivity index (χ2n) is 4.61. The average Bonchev–Trinajstić information content (AvgIpc) is 2.87. The smallest absolute Gasteiger partial charge is 0.358 e. The van der Waals surface area contributed by atoms with Crippen LogP contribution in [0.3, 0.4) is 0 Å². The first-order chi connectivity index (χ1) is 8.66. The summed E-state index contributed by atoms with van der Waals surface area (Å²) in [5, 5.41) is 16.9. The van der Waals surface area contributed by atoms with Gasteiger partial charge in [0.15, 0.2) is 5.69 Å². The zero-order valence-corrected chi connectivity index (χ0v) is 9.94. The van der Waals surface area contributed by atoms with Gasteiger partial charge in [0.25, 0.3) is 0 Å². The summed E-state index contributed by atoms with van der Waals surface area (Å²) in [6.07, 6.45) is 5.62. The first kappa shape index (κ1) is 10.9. The van der Waals surface area contributed by atoms with Crippen molar-refractivity contribution in [3.05, 3.63) is 18.2 Å². The van der Waals surface area contributed by atoms with Crippen molar-refractivity contribution in [1.82, 2.24) is 24.5 Å². The third-order valence-electron chi connectivity index (χ3n) is 3.13. The number of aromatic nitrogens is 5. The van der Waals surface area contributed by atoms with E-state index in [-0.39, 0.29) is 5.69 Å². The van der Waals surface area contributed by atoms with E-state index in [2.05, 4.69) is 15.3 Å². The molecule has 1 N–H and O–H groups in total. The summed E-state index contributed by atoms with van der Waals surface area (Å²) in [4.78, 5) is 15.2. The lowest BCUT2D eigenvalue weighted by molar-refractivity contribution is 0.0691. The molecule has 0 aliphatic heterocycles. The number of aromatic carboxylic acids is 1. The summed E-state index contributed by atoms with van der Waals surface area (Å²) in [5.74, 6) is -0.464. The van der Waals surface area contributed by atoms with Crippen molar-refractivity contribution >= 4 is 5.97 Å². The molecule has 1 fully saturated rings. The fraction of sp³-hybridized carbons (Fsp3) is 0.455. The standard InChI is InChI=1S/C11H13N5O2/c1-15-6-12-4-8(15)10-9(11(17)18)13-14-16(10)5-7-2-3-7/h4,6-7H,2-3,5H2,1H3,(H,17,18). The number of aryl methyl sites for hydroxylation is 1. The van der Waals surface area contributed by atoms with Gasteiger partial charge in [-0.25, -0.2) is 14.5 Å². The molecule has 0 aromatic carbocycles. The van der Waals surface area contributed by atoms with E-state index in [1.165, 1.54) is 12.8 Å². The quantitative estimate of drug-likeness (QED) is 0.863. The van der Waals surface area contributed by atoms with E-state index in [0.717, 1.165) is 12.2 Å². The van der Waals surface area contributed by atoms with Gasteiger partial charge in [-0.3, -0.25) is 0 Å². The van der Waals surface area contributed by atoms with Gasteiger partial charge in [0.2, 0.25) is 0 Å².